The minimum atomic E-state index is -1.64. The Bertz CT molecular complexity index is 231. The van der Waals surface area contributed by atoms with Gasteiger partial charge in [0.15, 0.2) is 5.41 Å². The van der Waals surface area contributed by atoms with Crippen LogP contribution < -0.4 is 0 Å². The summed E-state index contributed by atoms with van der Waals surface area (Å²) in [4.78, 5) is 22.4. The molecular formula is C11H20O4. The molecule has 0 saturated heterocycles. The van der Waals surface area contributed by atoms with E-state index in [-0.39, 0.29) is 18.3 Å². The van der Waals surface area contributed by atoms with E-state index < -0.39 is 17.4 Å². The first-order valence-electron chi connectivity index (χ1n) is 5.31. The number of rotatable bonds is 6. The van der Waals surface area contributed by atoms with Crippen LogP contribution in [0.3, 0.4) is 0 Å². The summed E-state index contributed by atoms with van der Waals surface area (Å²) >= 11 is 0. The molecule has 2 N–H and O–H groups in total. The minimum Gasteiger partial charge on any atom is -0.480 e. The molecule has 0 spiro atoms. The highest BCUT2D eigenvalue weighted by Gasteiger charge is 2.51. The Labute approximate surface area is 90.3 Å². The Hall–Kier alpha value is -1.06. The van der Waals surface area contributed by atoms with Crippen LogP contribution >= 0.6 is 0 Å². The van der Waals surface area contributed by atoms with Gasteiger partial charge in [-0.3, -0.25) is 9.59 Å². The quantitative estimate of drug-likeness (QED) is 0.668. The molecule has 0 aliphatic heterocycles. The molecule has 1 unspecified atom stereocenters. The molecule has 0 fully saturated rings. The molecule has 0 aliphatic rings. The lowest BCUT2D eigenvalue weighted by atomic mass is 9.67. The van der Waals surface area contributed by atoms with E-state index in [1.54, 1.807) is 6.92 Å². The number of hydrogen-bond acceptors (Lipinski definition) is 2. The van der Waals surface area contributed by atoms with Gasteiger partial charge in [-0.25, -0.2) is 0 Å². The fourth-order valence-electron chi connectivity index (χ4n) is 2.36. The maximum absolute atomic E-state index is 11.2. The lowest BCUT2D eigenvalue weighted by Crippen LogP contribution is -2.47. The van der Waals surface area contributed by atoms with Gasteiger partial charge in [0.1, 0.15) is 0 Å². The molecule has 1 atom stereocenters. The number of aliphatic carboxylic acids is 2. The largest absolute Gasteiger partial charge is 0.480 e. The first kappa shape index (κ1) is 13.9. The number of hydrogen-bond donors (Lipinski definition) is 2. The summed E-state index contributed by atoms with van der Waals surface area (Å²) in [6, 6.07) is 0. The molecular weight excluding hydrogens is 196 g/mol. The van der Waals surface area contributed by atoms with E-state index in [2.05, 4.69) is 0 Å². The fourth-order valence-corrected chi connectivity index (χ4v) is 2.36. The molecule has 0 radical (unpaired) electrons. The van der Waals surface area contributed by atoms with Crippen LogP contribution in [0.4, 0.5) is 0 Å². The Balaban J connectivity index is 5.41. The van der Waals surface area contributed by atoms with Gasteiger partial charge in [-0.15, -0.1) is 0 Å². The smallest absolute Gasteiger partial charge is 0.321 e. The molecule has 0 aliphatic carbocycles. The van der Waals surface area contributed by atoms with Gasteiger partial charge >= 0.3 is 11.9 Å². The van der Waals surface area contributed by atoms with Crippen LogP contribution in [0, 0.1) is 17.3 Å². The van der Waals surface area contributed by atoms with Crippen molar-refractivity contribution in [1.29, 1.82) is 0 Å². The third-order valence-corrected chi connectivity index (χ3v) is 3.20. The van der Waals surface area contributed by atoms with E-state index in [9.17, 15) is 9.59 Å². The van der Waals surface area contributed by atoms with Gasteiger partial charge in [0.2, 0.25) is 0 Å². The zero-order valence-electron chi connectivity index (χ0n) is 9.78. The van der Waals surface area contributed by atoms with E-state index in [0.717, 1.165) is 0 Å². The Morgan fingerprint density at radius 2 is 1.53 bits per heavy atom. The zero-order chi connectivity index (χ0) is 12.2. The summed E-state index contributed by atoms with van der Waals surface area (Å²) < 4.78 is 0. The third-order valence-electron chi connectivity index (χ3n) is 3.20. The highest BCUT2D eigenvalue weighted by atomic mass is 16.4. The fraction of sp³-hybridized carbons (Fsp3) is 0.818. The van der Waals surface area contributed by atoms with Crippen molar-refractivity contribution in [2.45, 2.75) is 40.5 Å². The maximum Gasteiger partial charge on any atom is 0.321 e. The van der Waals surface area contributed by atoms with Crippen LogP contribution in [0.5, 0.6) is 0 Å². The maximum atomic E-state index is 11.2. The van der Waals surface area contributed by atoms with Crippen LogP contribution in [-0.2, 0) is 9.59 Å². The van der Waals surface area contributed by atoms with E-state index >= 15 is 0 Å². The van der Waals surface area contributed by atoms with Gasteiger partial charge in [0, 0.05) is 0 Å². The second-order valence-corrected chi connectivity index (χ2v) is 4.19. The number of carbonyl (C=O) groups is 2. The van der Waals surface area contributed by atoms with Crippen LogP contribution in [0.1, 0.15) is 40.5 Å². The molecule has 4 heteroatoms. The molecule has 0 bridgehead atoms. The normalized spacial score (nSPS) is 13.9. The first-order chi connectivity index (χ1) is 6.84. The lowest BCUT2D eigenvalue weighted by molar-refractivity contribution is -0.171. The molecule has 0 rings (SSSR count). The highest BCUT2D eigenvalue weighted by Crippen LogP contribution is 2.39. The topological polar surface area (TPSA) is 74.6 Å². The third kappa shape index (κ3) is 2.30. The van der Waals surface area contributed by atoms with Gasteiger partial charge in [0.05, 0.1) is 0 Å². The Morgan fingerprint density at radius 1 is 1.13 bits per heavy atom. The molecule has 0 saturated carbocycles. The predicted molar refractivity (Wildman–Crippen MR) is 56.6 cm³/mol. The van der Waals surface area contributed by atoms with Gasteiger partial charge in [-0.1, -0.05) is 34.1 Å². The Morgan fingerprint density at radius 3 is 1.60 bits per heavy atom. The summed E-state index contributed by atoms with van der Waals surface area (Å²) in [5.41, 5.74) is -1.64. The minimum absolute atomic E-state index is 0.0437. The van der Waals surface area contributed by atoms with E-state index in [0.29, 0.717) is 6.42 Å². The standard InChI is InChI=1S/C11H20O4/c1-5-8(7(3)4)11(6-2,9(12)13)10(14)15/h7-8H,5-6H2,1-4H3,(H,12,13)(H,14,15). The van der Waals surface area contributed by atoms with Gasteiger partial charge in [-0.05, 0) is 18.3 Å². The number of carboxylic acid groups (broad SMARTS) is 2. The molecule has 0 aromatic carbocycles. The van der Waals surface area contributed by atoms with E-state index in [1.807, 2.05) is 20.8 Å². The van der Waals surface area contributed by atoms with Crippen molar-refractivity contribution in [1.82, 2.24) is 0 Å². The summed E-state index contributed by atoms with van der Waals surface area (Å²) in [7, 11) is 0. The van der Waals surface area contributed by atoms with Crippen molar-refractivity contribution in [3.8, 4) is 0 Å². The van der Waals surface area contributed by atoms with Gasteiger partial charge in [0.25, 0.3) is 0 Å². The van der Waals surface area contributed by atoms with Crippen molar-refractivity contribution in [3.05, 3.63) is 0 Å². The van der Waals surface area contributed by atoms with Gasteiger partial charge in [-0.2, -0.15) is 0 Å². The van der Waals surface area contributed by atoms with Crippen molar-refractivity contribution >= 4 is 11.9 Å². The van der Waals surface area contributed by atoms with E-state index in [4.69, 9.17) is 10.2 Å². The molecule has 0 amide bonds. The first-order valence-corrected chi connectivity index (χ1v) is 5.31. The molecule has 0 aromatic rings. The SMILES string of the molecule is CCC(C(C)C)C(CC)(C(=O)O)C(=O)O. The molecule has 0 aromatic heterocycles. The summed E-state index contributed by atoms with van der Waals surface area (Å²) in [5.74, 6) is -2.74. The summed E-state index contributed by atoms with van der Waals surface area (Å²) in [5, 5.41) is 18.3. The predicted octanol–water partition coefficient (Wildman–Crippen LogP) is 2.23. The summed E-state index contributed by atoms with van der Waals surface area (Å²) in [6.45, 7) is 7.18. The molecule has 15 heavy (non-hydrogen) atoms. The van der Waals surface area contributed by atoms with Gasteiger partial charge < -0.3 is 10.2 Å². The van der Waals surface area contributed by atoms with Crippen LogP contribution in [0.25, 0.3) is 0 Å². The highest BCUT2D eigenvalue weighted by molar-refractivity contribution is 5.98. The zero-order valence-corrected chi connectivity index (χ0v) is 9.78. The summed E-state index contributed by atoms with van der Waals surface area (Å²) in [6.07, 6.45) is 0.679. The average molecular weight is 216 g/mol. The molecule has 4 nitrogen and oxygen atoms in total. The second kappa shape index (κ2) is 5.14. The van der Waals surface area contributed by atoms with Crippen LogP contribution in [0.15, 0.2) is 0 Å². The molecule has 0 heterocycles. The number of carboxylic acids is 2. The van der Waals surface area contributed by atoms with Crippen molar-refractivity contribution in [3.63, 3.8) is 0 Å². The van der Waals surface area contributed by atoms with Crippen LogP contribution in [-0.4, -0.2) is 22.2 Å². The Kier molecular flexibility index (Phi) is 4.78. The van der Waals surface area contributed by atoms with Crippen molar-refractivity contribution in [2.24, 2.45) is 17.3 Å². The van der Waals surface area contributed by atoms with E-state index in [1.165, 1.54) is 0 Å². The van der Waals surface area contributed by atoms with Crippen LogP contribution in [0.2, 0.25) is 0 Å². The average Bonchev–Trinajstić information content (AvgIpc) is 2.11. The molecule has 88 valence electrons. The second-order valence-electron chi connectivity index (χ2n) is 4.19. The monoisotopic (exact) mass is 216 g/mol. The van der Waals surface area contributed by atoms with Crippen molar-refractivity contribution in [2.75, 3.05) is 0 Å². The van der Waals surface area contributed by atoms with Crippen molar-refractivity contribution < 1.29 is 19.8 Å². The lowest BCUT2D eigenvalue weighted by Gasteiger charge is -2.34.